The van der Waals surface area contributed by atoms with Crippen LogP contribution in [-0.4, -0.2) is 56.7 Å². The molecule has 0 aromatic rings. The van der Waals surface area contributed by atoms with Gasteiger partial charge < -0.3 is 21.3 Å². The van der Waals surface area contributed by atoms with E-state index in [1.807, 2.05) is 0 Å². The van der Waals surface area contributed by atoms with Gasteiger partial charge in [0, 0.05) is 0 Å². The second-order valence-electron chi connectivity index (χ2n) is 5.40. The molecule has 16 heavy (non-hydrogen) atoms. The Balaban J connectivity index is 3.53. The van der Waals surface area contributed by atoms with Crippen LogP contribution in [0.15, 0.2) is 0 Å². The first-order chi connectivity index (χ1) is 7.33. The molecule has 0 aromatic heterocycles. The molecule has 0 amide bonds. The van der Waals surface area contributed by atoms with E-state index < -0.39 is 5.66 Å². The first-order valence-electron chi connectivity index (χ1n) is 6.21. The average Bonchev–Trinajstić information content (AvgIpc) is 2.11. The van der Waals surface area contributed by atoms with Gasteiger partial charge in [-0.3, -0.25) is 0 Å². The zero-order chi connectivity index (χ0) is 12.6. The van der Waals surface area contributed by atoms with Gasteiger partial charge in [0.15, 0.2) is 0 Å². The molecule has 0 aliphatic heterocycles. The second kappa shape index (κ2) is 8.01. The van der Waals surface area contributed by atoms with Crippen LogP contribution in [0.3, 0.4) is 0 Å². The van der Waals surface area contributed by atoms with Gasteiger partial charge >= 0.3 is 0 Å². The Bertz CT molecular complexity index is 166. The van der Waals surface area contributed by atoms with Gasteiger partial charge in [-0.2, -0.15) is 0 Å². The van der Waals surface area contributed by atoms with E-state index in [9.17, 15) is 0 Å². The molecular weight excluding hydrogens is 200 g/mol. The van der Waals surface area contributed by atoms with Gasteiger partial charge in [-0.1, -0.05) is 0 Å². The number of unbranched alkanes of at least 4 members (excludes halogenated alkanes) is 1. The number of hydrogen-bond acceptors (Lipinski definition) is 4. The van der Waals surface area contributed by atoms with Gasteiger partial charge in [0.2, 0.25) is 0 Å². The number of rotatable bonds is 9. The third kappa shape index (κ3) is 10.4. The average molecular weight is 230 g/mol. The Hall–Kier alpha value is -0.160. The first-order valence-corrected chi connectivity index (χ1v) is 6.21. The van der Waals surface area contributed by atoms with Crippen LogP contribution in [0, 0.1) is 0 Å². The zero-order valence-electron chi connectivity index (χ0n) is 11.5. The van der Waals surface area contributed by atoms with E-state index in [0.29, 0.717) is 0 Å². The molecule has 0 spiro atoms. The normalized spacial score (nSPS) is 12.8. The lowest BCUT2D eigenvalue weighted by molar-refractivity contribution is 0.309. The van der Waals surface area contributed by atoms with Gasteiger partial charge in [-0.05, 0) is 73.4 Å². The van der Waals surface area contributed by atoms with Gasteiger partial charge in [-0.15, -0.1) is 0 Å². The van der Waals surface area contributed by atoms with Crippen LogP contribution < -0.4 is 11.5 Å². The summed E-state index contributed by atoms with van der Waals surface area (Å²) in [7, 11) is 8.34. The van der Waals surface area contributed by atoms with Crippen LogP contribution in [0.5, 0.6) is 0 Å². The molecule has 4 heteroatoms. The fourth-order valence-electron chi connectivity index (χ4n) is 1.73. The molecular formula is C12H30N4. The quantitative estimate of drug-likeness (QED) is 0.452. The summed E-state index contributed by atoms with van der Waals surface area (Å²) in [6.45, 7) is 2.18. The van der Waals surface area contributed by atoms with Crippen LogP contribution in [0.1, 0.15) is 32.1 Å². The Kier molecular flexibility index (Phi) is 7.93. The van der Waals surface area contributed by atoms with Crippen molar-refractivity contribution in [1.82, 2.24) is 9.80 Å². The Labute approximate surface area is 101 Å². The van der Waals surface area contributed by atoms with E-state index in [4.69, 9.17) is 11.5 Å². The molecule has 4 N–H and O–H groups in total. The molecule has 0 saturated carbocycles. The third-order valence-corrected chi connectivity index (χ3v) is 2.75. The van der Waals surface area contributed by atoms with Crippen molar-refractivity contribution < 1.29 is 0 Å². The number of nitrogens with zero attached hydrogens (tertiary/aromatic N) is 2. The maximum Gasteiger partial charge on any atom is 0.0637 e. The molecule has 0 heterocycles. The zero-order valence-corrected chi connectivity index (χ0v) is 11.5. The Morgan fingerprint density at radius 2 is 1.19 bits per heavy atom. The predicted molar refractivity (Wildman–Crippen MR) is 71.3 cm³/mol. The summed E-state index contributed by atoms with van der Waals surface area (Å²) in [6, 6.07) is 0. The molecule has 0 unspecified atom stereocenters. The lowest BCUT2D eigenvalue weighted by Crippen LogP contribution is -2.49. The minimum Gasteiger partial charge on any atom is -0.313 e. The molecule has 0 aliphatic carbocycles. The van der Waals surface area contributed by atoms with Gasteiger partial charge in [0.05, 0.1) is 5.66 Å². The first kappa shape index (κ1) is 15.8. The highest BCUT2D eigenvalue weighted by atomic mass is 15.1. The van der Waals surface area contributed by atoms with Gasteiger partial charge in [0.25, 0.3) is 0 Å². The minimum atomic E-state index is -0.470. The highest BCUT2D eigenvalue weighted by molar-refractivity contribution is 4.76. The Morgan fingerprint density at radius 1 is 0.750 bits per heavy atom. The highest BCUT2D eigenvalue weighted by Gasteiger charge is 2.17. The second-order valence-corrected chi connectivity index (χ2v) is 5.40. The smallest absolute Gasteiger partial charge is 0.0637 e. The van der Waals surface area contributed by atoms with Crippen LogP contribution >= 0.6 is 0 Å². The summed E-state index contributed by atoms with van der Waals surface area (Å²) < 4.78 is 0. The van der Waals surface area contributed by atoms with E-state index in [2.05, 4.69) is 38.0 Å². The standard InChI is InChI=1S/C12H30N4/c1-15(2)10-6-5-8-12(13,14)9-7-11-16(3)4/h5-11,13-14H2,1-4H3. The van der Waals surface area contributed by atoms with Crippen molar-refractivity contribution in [2.75, 3.05) is 41.3 Å². The maximum atomic E-state index is 6.07. The van der Waals surface area contributed by atoms with Gasteiger partial charge in [-0.25, -0.2) is 0 Å². The van der Waals surface area contributed by atoms with Crippen LogP contribution in [0.25, 0.3) is 0 Å². The summed E-state index contributed by atoms with van der Waals surface area (Å²) in [4.78, 5) is 4.36. The van der Waals surface area contributed by atoms with E-state index in [0.717, 1.165) is 38.8 Å². The van der Waals surface area contributed by atoms with Crippen molar-refractivity contribution in [3.63, 3.8) is 0 Å². The molecule has 0 bridgehead atoms. The van der Waals surface area contributed by atoms with E-state index in [-0.39, 0.29) is 0 Å². The van der Waals surface area contributed by atoms with Crippen molar-refractivity contribution >= 4 is 0 Å². The Morgan fingerprint density at radius 3 is 1.69 bits per heavy atom. The molecule has 0 aliphatic rings. The molecule has 0 radical (unpaired) electrons. The van der Waals surface area contributed by atoms with E-state index in [1.54, 1.807) is 0 Å². The monoisotopic (exact) mass is 230 g/mol. The van der Waals surface area contributed by atoms with Crippen molar-refractivity contribution in [1.29, 1.82) is 0 Å². The third-order valence-electron chi connectivity index (χ3n) is 2.75. The lowest BCUT2D eigenvalue weighted by atomic mass is 9.98. The van der Waals surface area contributed by atoms with E-state index >= 15 is 0 Å². The highest BCUT2D eigenvalue weighted by Crippen LogP contribution is 2.12. The molecule has 0 saturated heterocycles. The summed E-state index contributed by atoms with van der Waals surface area (Å²) in [6.07, 6.45) is 5.21. The van der Waals surface area contributed by atoms with E-state index in [1.165, 1.54) is 6.42 Å². The van der Waals surface area contributed by atoms with Crippen LogP contribution in [-0.2, 0) is 0 Å². The van der Waals surface area contributed by atoms with Crippen LogP contribution in [0.4, 0.5) is 0 Å². The molecule has 0 fully saturated rings. The van der Waals surface area contributed by atoms with Crippen molar-refractivity contribution in [2.45, 2.75) is 37.8 Å². The molecule has 98 valence electrons. The fraction of sp³-hybridized carbons (Fsp3) is 1.00. The number of nitrogens with two attached hydrogens (primary N) is 2. The molecule has 0 atom stereocenters. The van der Waals surface area contributed by atoms with Crippen LogP contribution in [0.2, 0.25) is 0 Å². The van der Waals surface area contributed by atoms with Gasteiger partial charge in [0.1, 0.15) is 0 Å². The topological polar surface area (TPSA) is 58.5 Å². The maximum absolute atomic E-state index is 6.07. The van der Waals surface area contributed by atoms with Crippen molar-refractivity contribution in [3.8, 4) is 0 Å². The lowest BCUT2D eigenvalue weighted by Gasteiger charge is -2.25. The summed E-state index contributed by atoms with van der Waals surface area (Å²) in [5, 5.41) is 0. The van der Waals surface area contributed by atoms with Crippen molar-refractivity contribution in [2.24, 2.45) is 11.5 Å². The molecule has 0 rings (SSSR count). The summed E-state index contributed by atoms with van der Waals surface area (Å²) in [5.74, 6) is 0. The SMILES string of the molecule is CN(C)CCCCC(N)(N)CCCN(C)C. The number of hydrogen-bond donors (Lipinski definition) is 2. The summed E-state index contributed by atoms with van der Waals surface area (Å²) in [5.41, 5.74) is 11.7. The summed E-state index contributed by atoms with van der Waals surface area (Å²) >= 11 is 0. The van der Waals surface area contributed by atoms with Crippen molar-refractivity contribution in [3.05, 3.63) is 0 Å². The predicted octanol–water partition coefficient (Wildman–Crippen LogP) is 0.674. The fourth-order valence-corrected chi connectivity index (χ4v) is 1.73. The molecule has 4 nitrogen and oxygen atoms in total. The largest absolute Gasteiger partial charge is 0.313 e. The minimum absolute atomic E-state index is 0.470. The molecule has 0 aromatic carbocycles.